The summed E-state index contributed by atoms with van der Waals surface area (Å²) in [7, 11) is 0. The fourth-order valence-corrected chi connectivity index (χ4v) is 3.44. The van der Waals surface area contributed by atoms with E-state index in [1.807, 2.05) is 18.2 Å². The van der Waals surface area contributed by atoms with Gasteiger partial charge in [-0.2, -0.15) is 0 Å². The van der Waals surface area contributed by atoms with Crippen molar-refractivity contribution in [3.8, 4) is 0 Å². The lowest BCUT2D eigenvalue weighted by Gasteiger charge is -2.19. The molecule has 1 aliphatic rings. The van der Waals surface area contributed by atoms with Crippen molar-refractivity contribution in [2.75, 3.05) is 19.6 Å². The van der Waals surface area contributed by atoms with Crippen LogP contribution in [0.1, 0.15) is 48.8 Å². The Morgan fingerprint density at radius 3 is 2.37 bits per heavy atom. The number of nitrogens with zero attached hydrogens (tertiary/aromatic N) is 3. The highest BCUT2D eigenvalue weighted by Crippen LogP contribution is 2.39. The minimum atomic E-state index is -3.52. The molecule has 1 aromatic carbocycles. The van der Waals surface area contributed by atoms with Gasteiger partial charge in [-0.1, -0.05) is 18.6 Å². The zero-order chi connectivity index (χ0) is 21.9. The number of aromatic nitrogens is 2. The van der Waals surface area contributed by atoms with Gasteiger partial charge in [0.15, 0.2) is 5.67 Å². The molecule has 9 heteroatoms. The number of carbonyl (C=O) groups is 2. The number of unbranched alkanes of at least 4 members (excludes halogenated alkanes) is 2. The van der Waals surface area contributed by atoms with E-state index in [9.17, 15) is 22.8 Å². The van der Waals surface area contributed by atoms with Crippen molar-refractivity contribution in [2.24, 2.45) is 0 Å². The SMILES string of the molecule is Cc1nc2ccccc2nc1C(=O)NCCCCCC(=O)N1CC(C)(F)C(F)(F)C1. The summed E-state index contributed by atoms with van der Waals surface area (Å²) in [6, 6.07) is 7.30. The number of amides is 2. The van der Waals surface area contributed by atoms with Crippen molar-refractivity contribution < 1.29 is 22.8 Å². The van der Waals surface area contributed by atoms with Crippen LogP contribution in [0.5, 0.6) is 0 Å². The van der Waals surface area contributed by atoms with Gasteiger partial charge in [-0.25, -0.2) is 23.1 Å². The second-order valence-electron chi connectivity index (χ2n) is 7.86. The van der Waals surface area contributed by atoms with Crippen LogP contribution in [-0.2, 0) is 4.79 Å². The predicted molar refractivity (Wildman–Crippen MR) is 106 cm³/mol. The van der Waals surface area contributed by atoms with Gasteiger partial charge < -0.3 is 10.2 Å². The molecule has 1 unspecified atom stereocenters. The molecule has 2 amide bonds. The Hall–Kier alpha value is -2.71. The van der Waals surface area contributed by atoms with E-state index in [0.717, 1.165) is 17.3 Å². The first-order chi connectivity index (χ1) is 14.1. The van der Waals surface area contributed by atoms with E-state index in [1.54, 1.807) is 13.0 Å². The second-order valence-corrected chi connectivity index (χ2v) is 7.86. The number of likely N-dealkylation sites (tertiary alicyclic amines) is 1. The van der Waals surface area contributed by atoms with Gasteiger partial charge in [0.2, 0.25) is 5.91 Å². The number of aryl methyl sites for hydroxylation is 1. The Morgan fingerprint density at radius 2 is 1.73 bits per heavy atom. The van der Waals surface area contributed by atoms with Gasteiger partial charge in [0.1, 0.15) is 5.69 Å². The van der Waals surface area contributed by atoms with Crippen LogP contribution in [0, 0.1) is 6.92 Å². The molecule has 1 N–H and O–H groups in total. The van der Waals surface area contributed by atoms with E-state index in [4.69, 9.17) is 0 Å². The van der Waals surface area contributed by atoms with Gasteiger partial charge in [0, 0.05) is 13.0 Å². The van der Waals surface area contributed by atoms with Crippen molar-refractivity contribution in [3.05, 3.63) is 35.7 Å². The third-order valence-corrected chi connectivity index (χ3v) is 5.31. The van der Waals surface area contributed by atoms with Gasteiger partial charge in [0.25, 0.3) is 11.8 Å². The zero-order valence-electron chi connectivity index (χ0n) is 17.1. The lowest BCUT2D eigenvalue weighted by Crippen LogP contribution is -2.39. The molecule has 1 saturated heterocycles. The number of fused-ring (bicyclic) bond motifs is 1. The summed E-state index contributed by atoms with van der Waals surface area (Å²) in [5.41, 5.74) is -0.507. The van der Waals surface area contributed by atoms with Crippen molar-refractivity contribution in [3.63, 3.8) is 0 Å². The van der Waals surface area contributed by atoms with E-state index in [-0.39, 0.29) is 18.0 Å². The number of benzene rings is 1. The van der Waals surface area contributed by atoms with Crippen LogP contribution in [0.4, 0.5) is 13.2 Å². The number of para-hydroxylation sites is 2. The molecule has 3 rings (SSSR count). The maximum atomic E-state index is 13.8. The van der Waals surface area contributed by atoms with Crippen molar-refractivity contribution >= 4 is 22.8 Å². The molecule has 2 aromatic rings. The number of alkyl halides is 3. The molecule has 30 heavy (non-hydrogen) atoms. The quantitative estimate of drug-likeness (QED) is 0.694. The number of halogens is 3. The van der Waals surface area contributed by atoms with Crippen molar-refractivity contribution in [1.82, 2.24) is 20.2 Å². The van der Waals surface area contributed by atoms with Crippen LogP contribution in [0.3, 0.4) is 0 Å². The normalized spacial score (nSPS) is 20.5. The maximum Gasteiger partial charge on any atom is 0.300 e. The molecular weight excluding hydrogens is 397 g/mol. The molecule has 0 radical (unpaired) electrons. The zero-order valence-corrected chi connectivity index (χ0v) is 17.1. The van der Waals surface area contributed by atoms with E-state index in [0.29, 0.717) is 37.0 Å². The Morgan fingerprint density at radius 1 is 1.07 bits per heavy atom. The van der Waals surface area contributed by atoms with Gasteiger partial charge in [-0.3, -0.25) is 9.59 Å². The standard InChI is InChI=1S/C21H25F3N4O2/c1-14-18(27-16-9-6-5-8-15(16)26-14)19(30)25-11-7-3-4-10-17(29)28-12-20(2,22)21(23,24)13-28/h5-6,8-9H,3-4,7,10-13H2,1-2H3,(H,25,30). The third kappa shape index (κ3) is 4.71. The first-order valence-electron chi connectivity index (χ1n) is 9.97. The van der Waals surface area contributed by atoms with Gasteiger partial charge in [0.05, 0.1) is 29.8 Å². The van der Waals surface area contributed by atoms with Crippen LogP contribution in [0.15, 0.2) is 24.3 Å². The van der Waals surface area contributed by atoms with E-state index < -0.39 is 30.6 Å². The molecule has 2 heterocycles. The first kappa shape index (κ1) is 22.0. The number of nitrogens with one attached hydrogen (secondary N) is 1. The molecule has 6 nitrogen and oxygen atoms in total. The molecule has 162 valence electrons. The summed E-state index contributed by atoms with van der Waals surface area (Å²) in [5, 5.41) is 2.78. The summed E-state index contributed by atoms with van der Waals surface area (Å²) in [6.07, 6.45) is 1.81. The van der Waals surface area contributed by atoms with Crippen LogP contribution in [0.25, 0.3) is 11.0 Å². The fraction of sp³-hybridized carbons (Fsp3) is 0.524. The Balaban J connectivity index is 1.39. The fourth-order valence-electron chi connectivity index (χ4n) is 3.44. The Bertz CT molecular complexity index is 933. The number of hydrogen-bond acceptors (Lipinski definition) is 4. The number of carbonyl (C=O) groups excluding carboxylic acids is 2. The third-order valence-electron chi connectivity index (χ3n) is 5.31. The van der Waals surface area contributed by atoms with Gasteiger partial charge in [-0.05, 0) is 38.8 Å². The molecule has 0 aliphatic carbocycles. The molecule has 0 bridgehead atoms. The molecule has 1 atom stereocenters. The van der Waals surface area contributed by atoms with Gasteiger partial charge >= 0.3 is 0 Å². The van der Waals surface area contributed by atoms with Crippen LogP contribution < -0.4 is 5.32 Å². The minimum absolute atomic E-state index is 0.0787. The van der Waals surface area contributed by atoms with Crippen LogP contribution >= 0.6 is 0 Å². The minimum Gasteiger partial charge on any atom is -0.351 e. The topological polar surface area (TPSA) is 75.2 Å². The summed E-state index contributed by atoms with van der Waals surface area (Å²) in [5.74, 6) is -4.30. The second kappa shape index (κ2) is 8.57. The average molecular weight is 422 g/mol. The van der Waals surface area contributed by atoms with Crippen molar-refractivity contribution in [1.29, 1.82) is 0 Å². The Labute approximate surface area is 172 Å². The maximum absolute atomic E-state index is 13.8. The van der Waals surface area contributed by atoms with Crippen LogP contribution in [-0.4, -0.2) is 57.9 Å². The summed E-state index contributed by atoms with van der Waals surface area (Å²) in [4.78, 5) is 34.0. The summed E-state index contributed by atoms with van der Waals surface area (Å²) in [6.45, 7) is 1.49. The molecule has 1 aromatic heterocycles. The molecule has 0 saturated carbocycles. The van der Waals surface area contributed by atoms with E-state index in [1.165, 1.54) is 0 Å². The van der Waals surface area contributed by atoms with E-state index in [2.05, 4.69) is 15.3 Å². The van der Waals surface area contributed by atoms with Crippen molar-refractivity contribution in [2.45, 2.75) is 51.1 Å². The lowest BCUT2D eigenvalue weighted by atomic mass is 10.1. The molecule has 0 spiro atoms. The molecular formula is C21H25F3N4O2. The monoisotopic (exact) mass is 422 g/mol. The largest absolute Gasteiger partial charge is 0.351 e. The number of rotatable bonds is 7. The molecule has 1 aliphatic heterocycles. The lowest BCUT2D eigenvalue weighted by molar-refractivity contribution is -0.131. The van der Waals surface area contributed by atoms with Gasteiger partial charge in [-0.15, -0.1) is 0 Å². The van der Waals surface area contributed by atoms with E-state index >= 15 is 0 Å². The Kier molecular flexibility index (Phi) is 6.28. The molecule has 1 fully saturated rings. The number of hydrogen-bond donors (Lipinski definition) is 1. The summed E-state index contributed by atoms with van der Waals surface area (Å²) < 4.78 is 40.9. The highest BCUT2D eigenvalue weighted by Gasteiger charge is 2.59. The smallest absolute Gasteiger partial charge is 0.300 e. The highest BCUT2D eigenvalue weighted by molar-refractivity contribution is 5.95. The highest BCUT2D eigenvalue weighted by atomic mass is 19.3. The average Bonchev–Trinajstić information content (AvgIpc) is 2.91. The summed E-state index contributed by atoms with van der Waals surface area (Å²) >= 11 is 0. The predicted octanol–water partition coefficient (Wildman–Crippen LogP) is 3.43. The first-order valence-corrected chi connectivity index (χ1v) is 9.97. The van der Waals surface area contributed by atoms with Crippen LogP contribution in [0.2, 0.25) is 0 Å².